The van der Waals surface area contributed by atoms with Crippen molar-refractivity contribution in [3.8, 4) is 5.75 Å². The number of amides is 1. The molecule has 1 saturated carbocycles. The maximum Gasteiger partial charge on any atom is 0.228 e. The summed E-state index contributed by atoms with van der Waals surface area (Å²) in [4.78, 5) is 21.3. The van der Waals surface area contributed by atoms with Gasteiger partial charge in [0.1, 0.15) is 17.5 Å². The molecule has 0 radical (unpaired) electrons. The van der Waals surface area contributed by atoms with E-state index in [-0.39, 0.29) is 18.3 Å². The Morgan fingerprint density at radius 1 is 1.17 bits per heavy atom. The van der Waals surface area contributed by atoms with Gasteiger partial charge in [0, 0.05) is 11.1 Å². The number of carbonyl (C=O) groups excluding carboxylic acids is 1. The van der Waals surface area contributed by atoms with Gasteiger partial charge in [-0.05, 0) is 56.2 Å². The normalized spacial score (nSPS) is 19.9. The monoisotopic (exact) mass is 409 g/mol. The van der Waals surface area contributed by atoms with Gasteiger partial charge in [-0.25, -0.2) is 18.7 Å². The van der Waals surface area contributed by atoms with Gasteiger partial charge >= 0.3 is 0 Å². The molecule has 1 heterocycles. The lowest BCUT2D eigenvalue weighted by Crippen LogP contribution is -2.26. The third-order valence-electron chi connectivity index (χ3n) is 5.44. The topological polar surface area (TPSA) is 64.1 Å². The number of hydrogen-bond acceptors (Lipinski definition) is 4. The minimum absolute atomic E-state index is 0.215. The summed E-state index contributed by atoms with van der Waals surface area (Å²) in [6.45, 7) is 3.84. The van der Waals surface area contributed by atoms with Crippen molar-refractivity contribution in [2.24, 2.45) is 5.92 Å². The van der Waals surface area contributed by atoms with Crippen LogP contribution in [0.1, 0.15) is 23.5 Å². The van der Waals surface area contributed by atoms with Crippen LogP contribution in [0.5, 0.6) is 5.75 Å². The van der Waals surface area contributed by atoms with Gasteiger partial charge in [-0.3, -0.25) is 4.79 Å². The van der Waals surface area contributed by atoms with Crippen molar-refractivity contribution < 1.29 is 18.3 Å². The van der Waals surface area contributed by atoms with Crippen LogP contribution < -0.4 is 10.1 Å². The fraction of sp³-hybridized carbons (Fsp3) is 0.261. The molecule has 0 bridgehead atoms. The van der Waals surface area contributed by atoms with Gasteiger partial charge in [0.25, 0.3) is 0 Å². The second-order valence-electron chi connectivity index (χ2n) is 7.57. The highest BCUT2D eigenvalue weighted by molar-refractivity contribution is 5.96. The summed E-state index contributed by atoms with van der Waals surface area (Å²) in [6, 6.07) is 11.8. The molecular weight excluding hydrogens is 388 g/mol. The Hall–Kier alpha value is -3.35. The predicted molar refractivity (Wildman–Crippen MR) is 108 cm³/mol. The molecule has 1 aliphatic rings. The molecule has 4 rings (SSSR count). The SMILES string of the molecule is Cc1ncc(OC[C@@]2(c3ccc(F)cc3)CC2C(=O)Nc2cccc(F)c2)c(C)n1. The first-order valence-corrected chi connectivity index (χ1v) is 9.63. The van der Waals surface area contributed by atoms with Crippen molar-refractivity contribution in [1.29, 1.82) is 0 Å². The Morgan fingerprint density at radius 2 is 1.93 bits per heavy atom. The number of aromatic nitrogens is 2. The molecule has 2 atom stereocenters. The van der Waals surface area contributed by atoms with Crippen molar-refractivity contribution in [2.75, 3.05) is 11.9 Å². The van der Waals surface area contributed by atoms with E-state index in [1.54, 1.807) is 31.3 Å². The van der Waals surface area contributed by atoms with Crippen LogP contribution in [-0.2, 0) is 10.2 Å². The zero-order chi connectivity index (χ0) is 21.3. The third kappa shape index (κ3) is 4.01. The number of aryl methyl sites for hydroxylation is 2. The summed E-state index contributed by atoms with van der Waals surface area (Å²) in [5, 5.41) is 2.76. The first kappa shape index (κ1) is 19.9. The highest BCUT2D eigenvalue weighted by atomic mass is 19.1. The van der Waals surface area contributed by atoms with E-state index < -0.39 is 17.2 Å². The molecule has 5 nitrogen and oxygen atoms in total. The van der Waals surface area contributed by atoms with Crippen molar-refractivity contribution in [2.45, 2.75) is 25.7 Å². The number of ether oxygens (including phenoxy) is 1. The van der Waals surface area contributed by atoms with Crippen molar-refractivity contribution in [3.05, 3.63) is 83.4 Å². The number of rotatable bonds is 6. The van der Waals surface area contributed by atoms with Crippen LogP contribution in [0.15, 0.2) is 54.7 Å². The van der Waals surface area contributed by atoms with E-state index in [4.69, 9.17) is 4.74 Å². The second-order valence-corrected chi connectivity index (χ2v) is 7.57. The quantitative estimate of drug-likeness (QED) is 0.658. The Labute approximate surface area is 173 Å². The summed E-state index contributed by atoms with van der Waals surface area (Å²) < 4.78 is 32.9. The molecule has 0 aliphatic heterocycles. The summed E-state index contributed by atoms with van der Waals surface area (Å²) in [6.07, 6.45) is 2.14. The number of benzene rings is 2. The van der Waals surface area contributed by atoms with Gasteiger partial charge in [-0.2, -0.15) is 0 Å². The molecule has 1 amide bonds. The standard InChI is InChI=1S/C23H21F2N3O2/c1-14-21(12-26-15(2)27-14)30-13-23(16-6-8-17(24)9-7-16)11-20(23)22(29)28-19-5-3-4-18(25)10-19/h3-10,12,20H,11,13H2,1-2H3,(H,28,29)/t20?,23-/m1/s1. The van der Waals surface area contributed by atoms with Gasteiger partial charge < -0.3 is 10.1 Å². The highest BCUT2D eigenvalue weighted by Crippen LogP contribution is 2.55. The smallest absolute Gasteiger partial charge is 0.228 e. The maximum absolute atomic E-state index is 13.5. The molecule has 1 aromatic heterocycles. The molecule has 1 aliphatic carbocycles. The van der Waals surface area contributed by atoms with E-state index in [0.29, 0.717) is 29.4 Å². The molecule has 3 aromatic rings. The Balaban J connectivity index is 1.56. The number of anilines is 1. The Morgan fingerprint density at radius 3 is 2.63 bits per heavy atom. The lowest BCUT2D eigenvalue weighted by Gasteiger charge is -2.19. The molecule has 30 heavy (non-hydrogen) atoms. The van der Waals surface area contributed by atoms with Gasteiger partial charge in [0.2, 0.25) is 5.91 Å². The maximum atomic E-state index is 13.5. The van der Waals surface area contributed by atoms with Crippen LogP contribution in [-0.4, -0.2) is 22.5 Å². The first-order chi connectivity index (χ1) is 14.4. The first-order valence-electron chi connectivity index (χ1n) is 9.63. The van der Waals surface area contributed by atoms with Crippen LogP contribution in [0.2, 0.25) is 0 Å². The molecule has 7 heteroatoms. The molecule has 2 aromatic carbocycles. The number of hydrogen-bond donors (Lipinski definition) is 1. The average molecular weight is 409 g/mol. The van der Waals surface area contributed by atoms with Gasteiger partial charge in [-0.15, -0.1) is 0 Å². The van der Waals surface area contributed by atoms with Gasteiger partial charge in [0.05, 0.1) is 24.4 Å². The number of nitrogens with one attached hydrogen (secondary N) is 1. The zero-order valence-electron chi connectivity index (χ0n) is 16.7. The predicted octanol–water partition coefficient (Wildman–Crippen LogP) is 4.35. The third-order valence-corrected chi connectivity index (χ3v) is 5.44. The lowest BCUT2D eigenvalue weighted by molar-refractivity contribution is -0.117. The van der Waals surface area contributed by atoms with Crippen LogP contribution in [0.25, 0.3) is 0 Å². The minimum Gasteiger partial charge on any atom is -0.489 e. The van der Waals surface area contributed by atoms with Crippen LogP contribution in [0.3, 0.4) is 0 Å². The summed E-state index contributed by atoms with van der Waals surface area (Å²) >= 11 is 0. The molecular formula is C23H21F2N3O2. The summed E-state index contributed by atoms with van der Waals surface area (Å²) in [5.74, 6) is -0.209. The average Bonchev–Trinajstić information content (AvgIpc) is 3.44. The molecule has 1 N–H and O–H groups in total. The van der Waals surface area contributed by atoms with Crippen LogP contribution in [0.4, 0.5) is 14.5 Å². The molecule has 1 unspecified atom stereocenters. The lowest BCUT2D eigenvalue weighted by atomic mass is 9.93. The fourth-order valence-corrected chi connectivity index (χ4v) is 3.71. The van der Waals surface area contributed by atoms with Crippen LogP contribution in [0, 0.1) is 31.4 Å². The van der Waals surface area contributed by atoms with Crippen molar-refractivity contribution in [1.82, 2.24) is 9.97 Å². The molecule has 154 valence electrons. The Bertz CT molecular complexity index is 1090. The van der Waals surface area contributed by atoms with E-state index in [9.17, 15) is 13.6 Å². The summed E-state index contributed by atoms with van der Waals surface area (Å²) in [5.41, 5.74) is 1.30. The Kier molecular flexibility index (Phi) is 5.20. The van der Waals surface area contributed by atoms with Gasteiger partial charge in [0.15, 0.2) is 5.75 Å². The fourth-order valence-electron chi connectivity index (χ4n) is 3.71. The van der Waals surface area contributed by atoms with E-state index in [1.807, 2.05) is 6.92 Å². The van der Waals surface area contributed by atoms with E-state index in [0.717, 1.165) is 5.56 Å². The largest absolute Gasteiger partial charge is 0.489 e. The highest BCUT2D eigenvalue weighted by Gasteiger charge is 2.60. The second kappa shape index (κ2) is 7.82. The molecule has 0 saturated heterocycles. The van der Waals surface area contributed by atoms with Crippen molar-refractivity contribution in [3.63, 3.8) is 0 Å². The number of halogens is 2. The van der Waals surface area contributed by atoms with Gasteiger partial charge in [-0.1, -0.05) is 18.2 Å². The molecule has 0 spiro atoms. The van der Waals surface area contributed by atoms with E-state index >= 15 is 0 Å². The zero-order valence-corrected chi connectivity index (χ0v) is 16.7. The number of carbonyl (C=O) groups is 1. The van der Waals surface area contributed by atoms with E-state index in [2.05, 4.69) is 15.3 Å². The number of nitrogens with zero attached hydrogens (tertiary/aromatic N) is 2. The summed E-state index contributed by atoms with van der Waals surface area (Å²) in [7, 11) is 0. The van der Waals surface area contributed by atoms with E-state index in [1.165, 1.54) is 30.3 Å². The molecule has 1 fully saturated rings. The minimum atomic E-state index is -0.609. The van der Waals surface area contributed by atoms with Crippen molar-refractivity contribution >= 4 is 11.6 Å². The van der Waals surface area contributed by atoms with Crippen LogP contribution >= 0.6 is 0 Å².